The maximum absolute atomic E-state index is 5.34. The highest BCUT2D eigenvalue weighted by atomic mass is 16.5. The van der Waals surface area contributed by atoms with Crippen LogP contribution in [0.1, 0.15) is 44.0 Å². The average molecular weight is 330 g/mol. The highest BCUT2D eigenvalue weighted by Crippen LogP contribution is 2.27. The zero-order valence-corrected chi connectivity index (χ0v) is 14.3. The number of rotatable bonds is 3. The first-order chi connectivity index (χ1) is 11.8. The molecule has 2 fully saturated rings. The van der Waals surface area contributed by atoms with Gasteiger partial charge in [0, 0.05) is 44.6 Å². The first-order valence-corrected chi connectivity index (χ1v) is 9.08. The minimum absolute atomic E-state index is 0.569. The molecule has 4 heterocycles. The highest BCUT2D eigenvalue weighted by molar-refractivity contribution is 5.25. The third-order valence-electron chi connectivity index (χ3n) is 5.40. The molecular formula is C17H26N6O. The number of aryl methyl sites for hydroxylation is 1. The van der Waals surface area contributed by atoms with Crippen LogP contribution in [-0.4, -0.2) is 57.0 Å². The van der Waals surface area contributed by atoms with Crippen molar-refractivity contribution < 1.29 is 4.52 Å². The molecule has 2 aromatic rings. The number of nitrogens with zero attached hydrogens (tertiary/aromatic N) is 6. The van der Waals surface area contributed by atoms with Crippen LogP contribution < -0.4 is 4.90 Å². The minimum atomic E-state index is 0.569. The van der Waals surface area contributed by atoms with E-state index in [0.717, 1.165) is 13.1 Å². The smallest absolute Gasteiger partial charge is 0.324 e. The fourth-order valence-electron chi connectivity index (χ4n) is 4.06. The summed E-state index contributed by atoms with van der Waals surface area (Å²) >= 11 is 0. The van der Waals surface area contributed by atoms with Crippen molar-refractivity contribution in [3.8, 4) is 0 Å². The first-order valence-electron chi connectivity index (χ1n) is 9.08. The lowest BCUT2D eigenvalue weighted by Gasteiger charge is -2.37. The number of aromatic nitrogens is 4. The van der Waals surface area contributed by atoms with E-state index in [4.69, 9.17) is 4.52 Å². The molecule has 0 radical (unpaired) electrons. The molecule has 0 aliphatic carbocycles. The molecule has 24 heavy (non-hydrogen) atoms. The molecule has 0 aromatic carbocycles. The molecule has 0 N–H and O–H groups in total. The summed E-state index contributed by atoms with van der Waals surface area (Å²) in [5, 5.41) is 8.32. The molecule has 0 saturated carbocycles. The summed E-state index contributed by atoms with van der Waals surface area (Å²) in [6.07, 6.45) is 9.99. The van der Waals surface area contributed by atoms with Crippen molar-refractivity contribution in [2.75, 3.05) is 31.1 Å². The molecule has 0 bridgehead atoms. The molecule has 7 nitrogen and oxygen atoms in total. The summed E-state index contributed by atoms with van der Waals surface area (Å²) in [5.74, 6) is 0.714. The van der Waals surface area contributed by atoms with E-state index in [2.05, 4.69) is 35.9 Å². The Labute approximate surface area is 142 Å². The second kappa shape index (κ2) is 6.93. The van der Waals surface area contributed by atoms with Crippen LogP contribution in [-0.2, 0) is 0 Å². The summed E-state index contributed by atoms with van der Waals surface area (Å²) in [6.45, 7) is 6.24. The van der Waals surface area contributed by atoms with E-state index >= 15 is 0 Å². The molecule has 7 heteroatoms. The van der Waals surface area contributed by atoms with Gasteiger partial charge >= 0.3 is 6.01 Å². The average Bonchev–Trinajstić information content (AvgIpc) is 3.22. The molecule has 2 aliphatic heterocycles. The first kappa shape index (κ1) is 15.6. The van der Waals surface area contributed by atoms with Crippen molar-refractivity contribution in [1.29, 1.82) is 0 Å². The summed E-state index contributed by atoms with van der Waals surface area (Å²) in [7, 11) is 0. The number of anilines is 1. The van der Waals surface area contributed by atoms with Gasteiger partial charge in [-0.1, -0.05) is 5.16 Å². The fraction of sp³-hybridized carbons (Fsp3) is 0.706. The number of hydrogen-bond donors (Lipinski definition) is 0. The van der Waals surface area contributed by atoms with Crippen LogP contribution >= 0.6 is 0 Å². The van der Waals surface area contributed by atoms with Gasteiger partial charge in [0.25, 0.3) is 0 Å². The fourth-order valence-corrected chi connectivity index (χ4v) is 4.06. The normalized spacial score (nSPS) is 24.2. The van der Waals surface area contributed by atoms with Crippen molar-refractivity contribution in [3.05, 3.63) is 24.3 Å². The van der Waals surface area contributed by atoms with Gasteiger partial charge in [-0.2, -0.15) is 10.1 Å². The quantitative estimate of drug-likeness (QED) is 0.860. The molecule has 0 spiro atoms. The van der Waals surface area contributed by atoms with Crippen LogP contribution in [0.15, 0.2) is 23.0 Å². The molecule has 2 aromatic heterocycles. The lowest BCUT2D eigenvalue weighted by Crippen LogP contribution is -2.42. The Morgan fingerprint density at radius 3 is 2.58 bits per heavy atom. The molecule has 4 rings (SSSR count). The van der Waals surface area contributed by atoms with Crippen LogP contribution in [0.5, 0.6) is 0 Å². The largest absolute Gasteiger partial charge is 0.324 e. The predicted octanol–water partition coefficient (Wildman–Crippen LogP) is 2.27. The Kier molecular flexibility index (Phi) is 4.51. The van der Waals surface area contributed by atoms with Gasteiger partial charge in [-0.05, 0) is 45.1 Å². The van der Waals surface area contributed by atoms with E-state index in [-0.39, 0.29) is 0 Å². The summed E-state index contributed by atoms with van der Waals surface area (Å²) < 4.78 is 7.47. The Morgan fingerprint density at radius 1 is 1.04 bits per heavy atom. The molecular weight excluding hydrogens is 304 g/mol. The monoisotopic (exact) mass is 330 g/mol. The second-order valence-electron chi connectivity index (χ2n) is 6.95. The third kappa shape index (κ3) is 3.31. The third-order valence-corrected chi connectivity index (χ3v) is 5.40. The minimum Gasteiger partial charge on any atom is -0.324 e. The molecule has 1 atom stereocenters. The van der Waals surface area contributed by atoms with E-state index in [9.17, 15) is 0 Å². The van der Waals surface area contributed by atoms with Gasteiger partial charge in [-0.3, -0.25) is 4.68 Å². The molecule has 1 unspecified atom stereocenters. The second-order valence-corrected chi connectivity index (χ2v) is 6.95. The SMILES string of the molecule is Cc1noc(N2CCCC(N3CCC(n4cccn4)CC3)CC2)n1. The predicted molar refractivity (Wildman–Crippen MR) is 91.0 cm³/mol. The molecule has 130 valence electrons. The van der Waals surface area contributed by atoms with E-state index in [1.165, 1.54) is 45.2 Å². The van der Waals surface area contributed by atoms with Crippen LogP contribution in [0.3, 0.4) is 0 Å². The number of hydrogen-bond acceptors (Lipinski definition) is 6. The van der Waals surface area contributed by atoms with Crippen LogP contribution in [0.25, 0.3) is 0 Å². The topological polar surface area (TPSA) is 63.2 Å². The van der Waals surface area contributed by atoms with E-state index in [1.807, 2.05) is 19.2 Å². The molecule has 2 aliphatic rings. The Morgan fingerprint density at radius 2 is 1.88 bits per heavy atom. The van der Waals surface area contributed by atoms with E-state index in [1.54, 1.807) is 0 Å². The van der Waals surface area contributed by atoms with Gasteiger partial charge in [-0.15, -0.1) is 0 Å². The van der Waals surface area contributed by atoms with Crippen LogP contribution in [0.4, 0.5) is 6.01 Å². The number of piperidine rings is 1. The van der Waals surface area contributed by atoms with Crippen molar-refractivity contribution >= 4 is 6.01 Å². The maximum Gasteiger partial charge on any atom is 0.324 e. The van der Waals surface area contributed by atoms with Gasteiger partial charge in [-0.25, -0.2) is 0 Å². The van der Waals surface area contributed by atoms with Crippen molar-refractivity contribution in [1.82, 2.24) is 24.8 Å². The summed E-state index contributed by atoms with van der Waals surface area (Å²) in [6, 6.07) is 3.95. The van der Waals surface area contributed by atoms with Gasteiger partial charge in [0.1, 0.15) is 0 Å². The zero-order chi connectivity index (χ0) is 16.4. The van der Waals surface area contributed by atoms with E-state index < -0.39 is 0 Å². The van der Waals surface area contributed by atoms with Crippen LogP contribution in [0, 0.1) is 6.92 Å². The van der Waals surface area contributed by atoms with Crippen molar-refractivity contribution in [2.24, 2.45) is 0 Å². The Bertz CT molecular complexity index is 631. The summed E-state index contributed by atoms with van der Waals surface area (Å²) in [4.78, 5) is 9.31. The molecule has 2 saturated heterocycles. The van der Waals surface area contributed by atoms with Gasteiger partial charge in [0.15, 0.2) is 5.82 Å². The zero-order valence-electron chi connectivity index (χ0n) is 14.3. The summed E-state index contributed by atoms with van der Waals surface area (Å²) in [5.41, 5.74) is 0. The molecule has 0 amide bonds. The van der Waals surface area contributed by atoms with Gasteiger partial charge in [0.2, 0.25) is 0 Å². The Hall–Kier alpha value is -1.89. The van der Waals surface area contributed by atoms with Crippen molar-refractivity contribution in [3.63, 3.8) is 0 Å². The number of likely N-dealkylation sites (tertiary alicyclic amines) is 1. The maximum atomic E-state index is 5.34. The lowest BCUT2D eigenvalue weighted by molar-refractivity contribution is 0.122. The lowest BCUT2D eigenvalue weighted by atomic mass is 10.00. The highest BCUT2D eigenvalue weighted by Gasteiger charge is 2.28. The Balaban J connectivity index is 1.31. The van der Waals surface area contributed by atoms with Gasteiger partial charge in [0.05, 0.1) is 6.04 Å². The van der Waals surface area contributed by atoms with Crippen molar-refractivity contribution in [2.45, 2.75) is 51.1 Å². The van der Waals surface area contributed by atoms with Crippen LogP contribution in [0.2, 0.25) is 0 Å². The van der Waals surface area contributed by atoms with Gasteiger partial charge < -0.3 is 14.3 Å². The van der Waals surface area contributed by atoms with E-state index in [0.29, 0.717) is 23.9 Å². The standard InChI is InChI=1S/C17H26N6O/c1-14-19-17(24-20-14)22-9-2-4-15(5-13-22)21-11-6-16(7-12-21)23-10-3-8-18-23/h3,8,10,15-16H,2,4-7,9,11-13H2,1H3.